The summed E-state index contributed by atoms with van der Waals surface area (Å²) < 4.78 is 0. The average Bonchev–Trinajstić information content (AvgIpc) is 2.32. The van der Waals surface area contributed by atoms with E-state index in [0.717, 1.165) is 5.56 Å². The summed E-state index contributed by atoms with van der Waals surface area (Å²) in [4.78, 5) is 7.88. The van der Waals surface area contributed by atoms with E-state index in [-0.39, 0.29) is 0 Å². The third-order valence-corrected chi connectivity index (χ3v) is 1.81. The fraction of sp³-hybridized carbons (Fsp3) is 0.0909. The van der Waals surface area contributed by atoms with Crippen LogP contribution in [0.15, 0.2) is 59.0 Å². The van der Waals surface area contributed by atoms with Gasteiger partial charge in [-0.2, -0.15) is 5.11 Å². The molecule has 0 unspecified atom stereocenters. The predicted molar refractivity (Wildman–Crippen MR) is 56.7 cm³/mol. The first kappa shape index (κ1) is 9.45. The van der Waals surface area contributed by atoms with Crippen molar-refractivity contribution in [2.45, 2.75) is 6.54 Å². The smallest absolute Gasteiger partial charge is 0.218 e. The first-order valence-electron chi connectivity index (χ1n) is 4.63. The molecule has 4 nitrogen and oxygen atoms in total. The number of benzene rings is 1. The molecule has 4 heteroatoms. The van der Waals surface area contributed by atoms with Crippen LogP contribution in [0.3, 0.4) is 0 Å². The molecule has 74 valence electrons. The Balaban J connectivity index is 1.97. The summed E-state index contributed by atoms with van der Waals surface area (Å²) in [7, 11) is 0. The Morgan fingerprint density at radius 3 is 2.40 bits per heavy atom. The van der Waals surface area contributed by atoms with Gasteiger partial charge in [0.05, 0.1) is 6.54 Å². The molecule has 0 aliphatic carbocycles. The highest BCUT2D eigenvalue weighted by atomic mass is 15.2. The molecule has 15 heavy (non-hydrogen) atoms. The highest BCUT2D eigenvalue weighted by Gasteiger charge is 1.90. The van der Waals surface area contributed by atoms with Crippen LogP contribution in [0.2, 0.25) is 0 Å². The lowest BCUT2D eigenvalue weighted by atomic mass is 10.2. The van der Waals surface area contributed by atoms with Crippen molar-refractivity contribution in [2.24, 2.45) is 10.2 Å². The summed E-state index contributed by atoms with van der Waals surface area (Å²) in [5, 5.41) is 7.92. The van der Waals surface area contributed by atoms with Crippen molar-refractivity contribution in [1.82, 2.24) is 9.97 Å². The topological polar surface area (TPSA) is 50.5 Å². The zero-order valence-corrected chi connectivity index (χ0v) is 8.11. The van der Waals surface area contributed by atoms with Gasteiger partial charge in [0.15, 0.2) is 0 Å². The minimum atomic E-state index is 0.397. The molecule has 0 radical (unpaired) electrons. The Hall–Kier alpha value is -2.10. The summed E-state index contributed by atoms with van der Waals surface area (Å²) >= 11 is 0. The maximum absolute atomic E-state index is 4.01. The molecule has 0 bridgehead atoms. The molecule has 0 fully saturated rings. The van der Waals surface area contributed by atoms with E-state index < -0.39 is 0 Å². The first-order valence-corrected chi connectivity index (χ1v) is 4.63. The van der Waals surface area contributed by atoms with Crippen LogP contribution in [0, 0.1) is 0 Å². The Bertz CT molecular complexity index is 425. The summed E-state index contributed by atoms with van der Waals surface area (Å²) in [6, 6.07) is 11.7. The second kappa shape index (κ2) is 4.95. The van der Waals surface area contributed by atoms with Gasteiger partial charge in [0.1, 0.15) is 0 Å². The molecule has 1 heterocycles. The standard InChI is InChI=1S/C11H10N4/c1-2-5-10(6-3-1)9-14-15-11-12-7-4-8-13-11/h1-8H,9H2. The van der Waals surface area contributed by atoms with Gasteiger partial charge in [0, 0.05) is 12.4 Å². The van der Waals surface area contributed by atoms with Crippen LogP contribution in [0.4, 0.5) is 5.95 Å². The lowest BCUT2D eigenvalue weighted by molar-refractivity contribution is 0.926. The lowest BCUT2D eigenvalue weighted by Gasteiger charge is -1.92. The van der Waals surface area contributed by atoms with Crippen LogP contribution in [0.1, 0.15) is 5.56 Å². The van der Waals surface area contributed by atoms with E-state index in [0.29, 0.717) is 12.5 Å². The molecule has 0 amide bonds. The Morgan fingerprint density at radius 1 is 0.933 bits per heavy atom. The van der Waals surface area contributed by atoms with Crippen molar-refractivity contribution in [1.29, 1.82) is 0 Å². The molecule has 0 saturated heterocycles. The van der Waals surface area contributed by atoms with Crippen molar-refractivity contribution < 1.29 is 0 Å². The normalized spacial score (nSPS) is 10.7. The third-order valence-electron chi connectivity index (χ3n) is 1.81. The number of aromatic nitrogens is 2. The van der Waals surface area contributed by atoms with E-state index >= 15 is 0 Å². The Labute approximate surface area is 87.7 Å². The minimum Gasteiger partial charge on any atom is -0.218 e. The molecule has 0 N–H and O–H groups in total. The van der Waals surface area contributed by atoms with Crippen molar-refractivity contribution in [2.75, 3.05) is 0 Å². The molecule has 0 saturated carbocycles. The SMILES string of the molecule is c1ccc(CN=Nc2ncccn2)cc1. The van der Waals surface area contributed by atoms with E-state index in [1.165, 1.54) is 0 Å². The molecule has 0 aliphatic heterocycles. The molecule has 1 aromatic heterocycles. The van der Waals surface area contributed by atoms with Gasteiger partial charge in [0.25, 0.3) is 5.95 Å². The van der Waals surface area contributed by atoms with Crippen LogP contribution in [-0.4, -0.2) is 9.97 Å². The van der Waals surface area contributed by atoms with Crippen molar-refractivity contribution in [3.63, 3.8) is 0 Å². The summed E-state index contributed by atoms with van der Waals surface area (Å²) in [5.74, 6) is 0.397. The highest BCUT2D eigenvalue weighted by Crippen LogP contribution is 2.04. The van der Waals surface area contributed by atoms with Gasteiger partial charge >= 0.3 is 0 Å². The minimum absolute atomic E-state index is 0.397. The van der Waals surface area contributed by atoms with Gasteiger partial charge < -0.3 is 0 Å². The fourth-order valence-corrected chi connectivity index (χ4v) is 1.11. The van der Waals surface area contributed by atoms with Crippen LogP contribution in [0.25, 0.3) is 0 Å². The van der Waals surface area contributed by atoms with Gasteiger partial charge in [-0.25, -0.2) is 9.97 Å². The van der Waals surface area contributed by atoms with Crippen LogP contribution in [-0.2, 0) is 6.54 Å². The van der Waals surface area contributed by atoms with Crippen LogP contribution < -0.4 is 0 Å². The van der Waals surface area contributed by atoms with E-state index in [9.17, 15) is 0 Å². The van der Waals surface area contributed by atoms with Crippen LogP contribution >= 0.6 is 0 Å². The van der Waals surface area contributed by atoms with Gasteiger partial charge in [-0.3, -0.25) is 0 Å². The lowest BCUT2D eigenvalue weighted by Crippen LogP contribution is -1.79. The number of hydrogen-bond acceptors (Lipinski definition) is 4. The zero-order chi connectivity index (χ0) is 10.3. The highest BCUT2D eigenvalue weighted by molar-refractivity contribution is 5.15. The van der Waals surface area contributed by atoms with E-state index in [1.807, 2.05) is 30.3 Å². The van der Waals surface area contributed by atoms with E-state index in [4.69, 9.17) is 0 Å². The first-order chi connectivity index (χ1) is 7.45. The van der Waals surface area contributed by atoms with E-state index in [1.54, 1.807) is 18.5 Å². The molecule has 0 atom stereocenters. The molecule has 2 rings (SSSR count). The van der Waals surface area contributed by atoms with Crippen molar-refractivity contribution in [3.8, 4) is 0 Å². The third kappa shape index (κ3) is 2.95. The zero-order valence-electron chi connectivity index (χ0n) is 8.11. The predicted octanol–water partition coefficient (Wildman–Crippen LogP) is 2.76. The average molecular weight is 198 g/mol. The number of azo groups is 1. The van der Waals surface area contributed by atoms with Gasteiger partial charge in [-0.1, -0.05) is 30.3 Å². The van der Waals surface area contributed by atoms with Crippen molar-refractivity contribution in [3.05, 3.63) is 54.4 Å². The second-order valence-electron chi connectivity index (χ2n) is 2.93. The Kier molecular flexibility index (Phi) is 3.12. The van der Waals surface area contributed by atoms with Crippen LogP contribution in [0.5, 0.6) is 0 Å². The van der Waals surface area contributed by atoms with E-state index in [2.05, 4.69) is 20.2 Å². The Morgan fingerprint density at radius 2 is 1.67 bits per heavy atom. The molecule has 2 aromatic rings. The summed E-state index contributed by atoms with van der Waals surface area (Å²) in [6.45, 7) is 0.555. The van der Waals surface area contributed by atoms with Gasteiger partial charge in [-0.05, 0) is 11.6 Å². The molecule has 0 spiro atoms. The van der Waals surface area contributed by atoms with Gasteiger partial charge in [0.2, 0.25) is 0 Å². The maximum atomic E-state index is 4.01. The number of hydrogen-bond donors (Lipinski definition) is 0. The number of rotatable bonds is 3. The number of nitrogens with zero attached hydrogens (tertiary/aromatic N) is 4. The molecule has 0 aliphatic rings. The molecule has 1 aromatic carbocycles. The van der Waals surface area contributed by atoms with Gasteiger partial charge in [-0.15, -0.1) is 5.11 Å². The quantitative estimate of drug-likeness (QED) is 0.712. The molecular weight excluding hydrogens is 188 g/mol. The summed E-state index contributed by atoms with van der Waals surface area (Å²) in [6.07, 6.45) is 3.29. The summed E-state index contributed by atoms with van der Waals surface area (Å²) in [5.41, 5.74) is 1.12. The fourth-order valence-electron chi connectivity index (χ4n) is 1.11. The monoisotopic (exact) mass is 198 g/mol. The van der Waals surface area contributed by atoms with Crippen molar-refractivity contribution >= 4 is 5.95 Å². The molecular formula is C11H10N4. The second-order valence-corrected chi connectivity index (χ2v) is 2.93. The maximum Gasteiger partial charge on any atom is 0.268 e. The largest absolute Gasteiger partial charge is 0.268 e.